The molecule has 0 spiro atoms. The third kappa shape index (κ3) is 5.12. The van der Waals surface area contributed by atoms with Crippen molar-refractivity contribution in [2.24, 2.45) is 0 Å². The van der Waals surface area contributed by atoms with E-state index in [0.717, 1.165) is 19.3 Å². The highest BCUT2D eigenvalue weighted by Gasteiger charge is 2.44. The number of carbonyl (C=O) groups is 1. The maximum atomic E-state index is 14.0. The molecule has 0 radical (unpaired) electrons. The van der Waals surface area contributed by atoms with E-state index in [4.69, 9.17) is 11.6 Å². The van der Waals surface area contributed by atoms with Gasteiger partial charge in [-0.05, 0) is 24.1 Å². The van der Waals surface area contributed by atoms with Gasteiger partial charge in [0.1, 0.15) is 0 Å². The molecule has 0 unspecified atom stereocenters. The van der Waals surface area contributed by atoms with Gasteiger partial charge in [-0.2, -0.15) is 8.78 Å². The van der Waals surface area contributed by atoms with Crippen molar-refractivity contribution in [3.63, 3.8) is 0 Å². The summed E-state index contributed by atoms with van der Waals surface area (Å²) in [7, 11) is 0. The Hall–Kier alpha value is -1.42. The normalized spacial score (nSPS) is 11.2. The Bertz CT molecular complexity index is 484. The predicted octanol–water partition coefficient (Wildman–Crippen LogP) is 5.11. The number of benzene rings is 1. The summed E-state index contributed by atoms with van der Waals surface area (Å²) in [6.45, 7) is 5.35. The monoisotopic (exact) mass is 316 g/mol. The molecule has 1 rings (SSSR count). The van der Waals surface area contributed by atoms with E-state index >= 15 is 0 Å². The van der Waals surface area contributed by atoms with E-state index < -0.39 is 17.5 Å². The third-order valence-corrected chi connectivity index (χ3v) is 3.31. The average molecular weight is 317 g/mol. The van der Waals surface area contributed by atoms with Crippen LogP contribution in [0.3, 0.4) is 0 Å². The molecule has 0 N–H and O–H groups in total. The highest BCUT2D eigenvalue weighted by molar-refractivity contribution is 6.30. The topological polar surface area (TPSA) is 26.3 Å². The van der Waals surface area contributed by atoms with Crippen LogP contribution < -0.4 is 0 Å². The first kappa shape index (κ1) is 17.6. The van der Waals surface area contributed by atoms with Crippen LogP contribution in [0, 0.1) is 0 Å². The van der Waals surface area contributed by atoms with Gasteiger partial charge in [-0.3, -0.25) is 0 Å². The number of hydrogen-bond donors (Lipinski definition) is 0. The maximum absolute atomic E-state index is 14.0. The summed E-state index contributed by atoms with van der Waals surface area (Å²) >= 11 is 5.69. The van der Waals surface area contributed by atoms with Crippen LogP contribution in [0.25, 0.3) is 5.57 Å². The Morgan fingerprint density at radius 3 is 2.43 bits per heavy atom. The van der Waals surface area contributed by atoms with Crippen LogP contribution in [-0.4, -0.2) is 18.5 Å². The summed E-state index contributed by atoms with van der Waals surface area (Å²) in [5, 5.41) is 0.424. The molecule has 116 valence electrons. The molecule has 0 aromatic heterocycles. The first-order chi connectivity index (χ1) is 9.89. The summed E-state index contributed by atoms with van der Waals surface area (Å²) < 4.78 is 32.6. The summed E-state index contributed by atoms with van der Waals surface area (Å²) in [5.74, 6) is -5.29. The molecule has 5 heteroatoms. The van der Waals surface area contributed by atoms with E-state index in [9.17, 15) is 13.6 Å². The van der Waals surface area contributed by atoms with E-state index in [-0.39, 0.29) is 12.2 Å². The van der Waals surface area contributed by atoms with Crippen LogP contribution >= 0.6 is 11.6 Å². The first-order valence-corrected chi connectivity index (χ1v) is 7.27. The Labute approximate surface area is 128 Å². The Kier molecular flexibility index (Phi) is 6.82. The second kappa shape index (κ2) is 8.13. The van der Waals surface area contributed by atoms with Gasteiger partial charge in [-0.15, -0.1) is 0 Å². The zero-order valence-corrected chi connectivity index (χ0v) is 12.8. The third-order valence-electron chi connectivity index (χ3n) is 3.06. The van der Waals surface area contributed by atoms with Gasteiger partial charge in [0.05, 0.1) is 6.61 Å². The van der Waals surface area contributed by atoms with Crippen LogP contribution in [0.1, 0.15) is 38.2 Å². The molecular weight excluding hydrogens is 298 g/mol. The minimum absolute atomic E-state index is 0.00230. The van der Waals surface area contributed by atoms with Crippen molar-refractivity contribution in [3.05, 3.63) is 41.4 Å². The maximum Gasteiger partial charge on any atom is 0.381 e. The first-order valence-electron chi connectivity index (χ1n) is 6.90. The van der Waals surface area contributed by atoms with E-state index in [0.29, 0.717) is 11.4 Å². The van der Waals surface area contributed by atoms with Crippen molar-refractivity contribution in [2.45, 2.75) is 38.5 Å². The fraction of sp³-hybridized carbons (Fsp3) is 0.438. The van der Waals surface area contributed by atoms with Gasteiger partial charge in [0.2, 0.25) is 0 Å². The van der Waals surface area contributed by atoms with E-state index in [1.807, 2.05) is 6.92 Å². The Morgan fingerprint density at radius 2 is 1.86 bits per heavy atom. The highest BCUT2D eigenvalue weighted by atomic mass is 35.5. The van der Waals surface area contributed by atoms with Crippen molar-refractivity contribution in [1.82, 2.24) is 0 Å². The molecule has 0 bridgehead atoms. The molecule has 0 saturated carbocycles. The molecule has 0 saturated heterocycles. The number of unbranched alkanes of at least 4 members (excludes halogenated alkanes) is 3. The summed E-state index contributed by atoms with van der Waals surface area (Å²) in [6.07, 6.45) is 3.46. The minimum atomic E-state index is -3.74. The number of rotatable bonds is 8. The molecule has 0 aliphatic rings. The van der Waals surface area contributed by atoms with Crippen LogP contribution in [0.2, 0.25) is 5.02 Å². The van der Waals surface area contributed by atoms with Crippen molar-refractivity contribution in [2.75, 3.05) is 6.61 Å². The average Bonchev–Trinajstić information content (AvgIpc) is 2.46. The lowest BCUT2D eigenvalue weighted by atomic mass is 10.0. The van der Waals surface area contributed by atoms with E-state index in [1.165, 1.54) is 24.3 Å². The zero-order chi connectivity index (χ0) is 15.9. The number of carbonyl (C=O) groups excluding carboxylic acids is 1. The largest absolute Gasteiger partial charge is 0.461 e. The lowest BCUT2D eigenvalue weighted by molar-refractivity contribution is -0.163. The van der Waals surface area contributed by atoms with Crippen molar-refractivity contribution in [3.8, 4) is 0 Å². The standard InChI is InChI=1S/C16H19ClF2O2/c1-3-4-5-6-11-21-15(20)16(18,19)12(2)13-7-9-14(17)10-8-13/h7-10H,2-6,11H2,1H3. The van der Waals surface area contributed by atoms with Gasteiger partial charge in [0.25, 0.3) is 0 Å². The fourth-order valence-corrected chi connectivity index (χ4v) is 1.87. The summed E-state index contributed by atoms with van der Waals surface area (Å²) in [5.41, 5.74) is -0.426. The quantitative estimate of drug-likeness (QED) is 0.492. The fourth-order valence-electron chi connectivity index (χ4n) is 1.74. The zero-order valence-electron chi connectivity index (χ0n) is 12.0. The van der Waals surface area contributed by atoms with Crippen LogP contribution in [0.5, 0.6) is 0 Å². The second-order valence-corrected chi connectivity index (χ2v) is 5.19. The summed E-state index contributed by atoms with van der Waals surface area (Å²) in [4.78, 5) is 11.5. The smallest absolute Gasteiger partial charge is 0.381 e. The van der Waals surface area contributed by atoms with E-state index in [1.54, 1.807) is 0 Å². The molecule has 0 fully saturated rings. The Morgan fingerprint density at radius 1 is 1.24 bits per heavy atom. The van der Waals surface area contributed by atoms with Gasteiger partial charge in [0, 0.05) is 10.6 Å². The molecule has 0 amide bonds. The predicted molar refractivity (Wildman–Crippen MR) is 80.5 cm³/mol. The van der Waals surface area contributed by atoms with Gasteiger partial charge < -0.3 is 4.74 Å². The highest BCUT2D eigenvalue weighted by Crippen LogP contribution is 2.32. The molecule has 0 atom stereocenters. The van der Waals surface area contributed by atoms with Crippen molar-refractivity contribution in [1.29, 1.82) is 0 Å². The molecule has 0 heterocycles. The SMILES string of the molecule is C=C(c1ccc(Cl)cc1)C(F)(F)C(=O)OCCCCCC. The second-order valence-electron chi connectivity index (χ2n) is 4.76. The lowest BCUT2D eigenvalue weighted by Crippen LogP contribution is -2.32. The van der Waals surface area contributed by atoms with Crippen LogP contribution in [0.15, 0.2) is 30.8 Å². The lowest BCUT2D eigenvalue weighted by Gasteiger charge is -2.18. The molecule has 0 aliphatic heterocycles. The molecule has 1 aromatic carbocycles. The number of halogens is 3. The molecule has 1 aromatic rings. The number of esters is 1. The van der Waals surface area contributed by atoms with Crippen molar-refractivity contribution < 1.29 is 18.3 Å². The minimum Gasteiger partial charge on any atom is -0.461 e. The number of hydrogen-bond acceptors (Lipinski definition) is 2. The van der Waals surface area contributed by atoms with Crippen LogP contribution in [-0.2, 0) is 9.53 Å². The molecule has 0 aliphatic carbocycles. The van der Waals surface area contributed by atoms with Crippen LogP contribution in [0.4, 0.5) is 8.78 Å². The van der Waals surface area contributed by atoms with Gasteiger partial charge in [0.15, 0.2) is 0 Å². The molecule has 21 heavy (non-hydrogen) atoms. The molecule has 2 nitrogen and oxygen atoms in total. The van der Waals surface area contributed by atoms with E-state index in [2.05, 4.69) is 11.3 Å². The molecular formula is C16H19ClF2O2. The summed E-state index contributed by atoms with van der Waals surface area (Å²) in [6, 6.07) is 5.72. The van der Waals surface area contributed by atoms with Crippen molar-refractivity contribution >= 4 is 23.1 Å². The number of ether oxygens (including phenoxy) is 1. The van der Waals surface area contributed by atoms with Gasteiger partial charge >= 0.3 is 11.9 Å². The number of alkyl halides is 2. The van der Waals surface area contributed by atoms with Gasteiger partial charge in [-0.1, -0.05) is 56.5 Å². The van der Waals surface area contributed by atoms with Gasteiger partial charge in [-0.25, -0.2) is 4.79 Å². The Balaban J connectivity index is 2.60.